The van der Waals surface area contributed by atoms with Crippen LogP contribution in [-0.4, -0.2) is 26.5 Å². The third-order valence-corrected chi connectivity index (χ3v) is 4.82. The summed E-state index contributed by atoms with van der Waals surface area (Å²) in [5.74, 6) is 1.18. The van der Waals surface area contributed by atoms with Gasteiger partial charge in [-0.15, -0.1) is 0 Å². The number of alkyl halides is 1. The van der Waals surface area contributed by atoms with Crippen LogP contribution in [0.5, 0.6) is 5.75 Å². The molecule has 1 aromatic carbocycles. The zero-order chi connectivity index (χ0) is 12.7. The largest absolute Gasteiger partial charge is 0.494 e. The Morgan fingerprint density at radius 2 is 1.88 bits per heavy atom. The van der Waals surface area contributed by atoms with E-state index in [4.69, 9.17) is 4.74 Å². The molecule has 17 heavy (non-hydrogen) atoms. The standard InChI is InChI=1S/C12H17BrO3S/c1-2-17(14,15)9-3-8-16-12-6-4-11(10-13)5-7-12/h4-7H,2-3,8-10H2,1H3. The molecule has 3 nitrogen and oxygen atoms in total. The second-order valence-corrected chi connectivity index (χ2v) is 6.75. The molecule has 0 heterocycles. The lowest BCUT2D eigenvalue weighted by atomic mass is 10.2. The molecule has 1 aromatic rings. The minimum absolute atomic E-state index is 0.197. The van der Waals surface area contributed by atoms with Crippen LogP contribution in [-0.2, 0) is 15.2 Å². The van der Waals surface area contributed by atoms with Crippen LogP contribution in [0.15, 0.2) is 24.3 Å². The van der Waals surface area contributed by atoms with Crippen LogP contribution < -0.4 is 4.74 Å². The first-order valence-corrected chi connectivity index (χ1v) is 8.50. The Bertz CT molecular complexity index is 426. The zero-order valence-electron chi connectivity index (χ0n) is 9.86. The van der Waals surface area contributed by atoms with Gasteiger partial charge in [-0.25, -0.2) is 8.42 Å². The van der Waals surface area contributed by atoms with Gasteiger partial charge in [0, 0.05) is 11.1 Å². The van der Waals surface area contributed by atoms with E-state index in [0.717, 1.165) is 11.1 Å². The Hall–Kier alpha value is -0.550. The molecule has 0 aliphatic rings. The summed E-state index contributed by atoms with van der Waals surface area (Å²) in [6.07, 6.45) is 0.538. The Balaban J connectivity index is 2.31. The highest BCUT2D eigenvalue weighted by atomic mass is 79.9. The van der Waals surface area contributed by atoms with Gasteiger partial charge in [-0.2, -0.15) is 0 Å². The molecule has 0 unspecified atom stereocenters. The topological polar surface area (TPSA) is 43.4 Å². The van der Waals surface area contributed by atoms with E-state index in [-0.39, 0.29) is 11.5 Å². The van der Waals surface area contributed by atoms with E-state index in [1.807, 2.05) is 24.3 Å². The highest BCUT2D eigenvalue weighted by Gasteiger charge is 2.06. The number of sulfone groups is 1. The molecule has 0 atom stereocenters. The van der Waals surface area contributed by atoms with E-state index < -0.39 is 9.84 Å². The van der Waals surface area contributed by atoms with Crippen molar-refractivity contribution in [2.75, 3.05) is 18.1 Å². The van der Waals surface area contributed by atoms with E-state index in [2.05, 4.69) is 15.9 Å². The number of benzene rings is 1. The van der Waals surface area contributed by atoms with Gasteiger partial charge in [0.2, 0.25) is 0 Å². The van der Waals surface area contributed by atoms with Crippen molar-refractivity contribution in [3.8, 4) is 5.75 Å². The summed E-state index contributed by atoms with van der Waals surface area (Å²) in [5.41, 5.74) is 1.19. The van der Waals surface area contributed by atoms with Crippen molar-refractivity contribution in [2.24, 2.45) is 0 Å². The summed E-state index contributed by atoms with van der Waals surface area (Å²) in [5, 5.41) is 0.821. The molecule has 0 aromatic heterocycles. The molecule has 0 fully saturated rings. The third kappa shape index (κ3) is 5.55. The van der Waals surface area contributed by atoms with Gasteiger partial charge in [-0.05, 0) is 24.1 Å². The van der Waals surface area contributed by atoms with Crippen molar-refractivity contribution in [3.05, 3.63) is 29.8 Å². The first kappa shape index (κ1) is 14.5. The van der Waals surface area contributed by atoms with Gasteiger partial charge in [-0.1, -0.05) is 35.0 Å². The maximum Gasteiger partial charge on any atom is 0.150 e. The SMILES string of the molecule is CCS(=O)(=O)CCCOc1ccc(CBr)cc1. The van der Waals surface area contributed by atoms with Gasteiger partial charge in [-0.3, -0.25) is 0 Å². The Labute approximate surface area is 111 Å². The molecule has 1 rings (SSSR count). The number of ether oxygens (including phenoxy) is 1. The van der Waals surface area contributed by atoms with Crippen molar-refractivity contribution in [3.63, 3.8) is 0 Å². The van der Waals surface area contributed by atoms with E-state index in [0.29, 0.717) is 13.0 Å². The summed E-state index contributed by atoms with van der Waals surface area (Å²) in [6, 6.07) is 7.75. The molecule has 0 amide bonds. The zero-order valence-corrected chi connectivity index (χ0v) is 12.3. The van der Waals surface area contributed by atoms with Gasteiger partial charge in [0.15, 0.2) is 0 Å². The fraction of sp³-hybridized carbons (Fsp3) is 0.500. The average Bonchev–Trinajstić information content (AvgIpc) is 2.35. The molecule has 5 heteroatoms. The van der Waals surface area contributed by atoms with Crippen LogP contribution >= 0.6 is 15.9 Å². The first-order valence-electron chi connectivity index (χ1n) is 5.55. The number of hydrogen-bond donors (Lipinski definition) is 0. The lowest BCUT2D eigenvalue weighted by molar-refractivity contribution is 0.317. The molecule has 0 N–H and O–H groups in total. The molecule has 0 aliphatic heterocycles. The summed E-state index contributed by atoms with van der Waals surface area (Å²) in [4.78, 5) is 0. The van der Waals surface area contributed by atoms with Crippen molar-refractivity contribution >= 4 is 25.8 Å². The van der Waals surface area contributed by atoms with Crippen molar-refractivity contribution in [1.29, 1.82) is 0 Å². The Morgan fingerprint density at radius 1 is 1.24 bits per heavy atom. The fourth-order valence-corrected chi connectivity index (χ4v) is 2.51. The van der Waals surface area contributed by atoms with Gasteiger partial charge < -0.3 is 4.74 Å². The predicted molar refractivity (Wildman–Crippen MR) is 73.5 cm³/mol. The van der Waals surface area contributed by atoms with Crippen LogP contribution in [0.2, 0.25) is 0 Å². The fourth-order valence-electron chi connectivity index (χ4n) is 1.29. The third-order valence-electron chi connectivity index (χ3n) is 2.39. The second kappa shape index (κ2) is 7.01. The molecule has 0 radical (unpaired) electrons. The van der Waals surface area contributed by atoms with Crippen LogP contribution in [0, 0.1) is 0 Å². The van der Waals surface area contributed by atoms with E-state index in [9.17, 15) is 8.42 Å². The van der Waals surface area contributed by atoms with Crippen LogP contribution in [0.1, 0.15) is 18.9 Å². The normalized spacial score (nSPS) is 11.4. The number of halogens is 1. The van der Waals surface area contributed by atoms with Crippen LogP contribution in [0.25, 0.3) is 0 Å². The van der Waals surface area contributed by atoms with E-state index in [1.165, 1.54) is 5.56 Å². The molecule has 0 saturated heterocycles. The van der Waals surface area contributed by atoms with Gasteiger partial charge in [0.05, 0.1) is 12.4 Å². The van der Waals surface area contributed by atoms with Gasteiger partial charge in [0.25, 0.3) is 0 Å². The second-order valence-electron chi connectivity index (χ2n) is 3.72. The Morgan fingerprint density at radius 3 is 2.41 bits per heavy atom. The highest BCUT2D eigenvalue weighted by Crippen LogP contribution is 2.14. The maximum atomic E-state index is 11.2. The average molecular weight is 321 g/mol. The van der Waals surface area contributed by atoms with Crippen LogP contribution in [0.4, 0.5) is 0 Å². The molecular weight excluding hydrogens is 304 g/mol. The number of rotatable bonds is 7. The van der Waals surface area contributed by atoms with Crippen LogP contribution in [0.3, 0.4) is 0 Å². The molecule has 0 bridgehead atoms. The minimum atomic E-state index is -2.87. The molecule has 0 saturated carbocycles. The molecule has 96 valence electrons. The van der Waals surface area contributed by atoms with Gasteiger partial charge in [0.1, 0.15) is 15.6 Å². The molecular formula is C12H17BrO3S. The quantitative estimate of drug-likeness (QED) is 0.573. The Kier molecular flexibility index (Phi) is 5.98. The van der Waals surface area contributed by atoms with E-state index in [1.54, 1.807) is 6.92 Å². The number of hydrogen-bond acceptors (Lipinski definition) is 3. The minimum Gasteiger partial charge on any atom is -0.494 e. The van der Waals surface area contributed by atoms with Crippen molar-refractivity contribution in [1.82, 2.24) is 0 Å². The smallest absolute Gasteiger partial charge is 0.150 e. The highest BCUT2D eigenvalue weighted by molar-refractivity contribution is 9.08. The predicted octanol–water partition coefficient (Wildman–Crippen LogP) is 2.79. The summed E-state index contributed by atoms with van der Waals surface area (Å²) >= 11 is 3.37. The molecule has 0 aliphatic carbocycles. The lowest BCUT2D eigenvalue weighted by Gasteiger charge is -2.06. The molecule has 0 spiro atoms. The van der Waals surface area contributed by atoms with Crippen molar-refractivity contribution in [2.45, 2.75) is 18.7 Å². The summed E-state index contributed by atoms with van der Waals surface area (Å²) < 4.78 is 27.9. The lowest BCUT2D eigenvalue weighted by Crippen LogP contribution is -2.11. The van der Waals surface area contributed by atoms with Gasteiger partial charge >= 0.3 is 0 Å². The summed E-state index contributed by atoms with van der Waals surface area (Å²) in [6.45, 7) is 2.10. The maximum absolute atomic E-state index is 11.2. The van der Waals surface area contributed by atoms with Crippen molar-refractivity contribution < 1.29 is 13.2 Å². The summed E-state index contributed by atoms with van der Waals surface area (Å²) in [7, 11) is -2.87. The monoisotopic (exact) mass is 320 g/mol. The first-order chi connectivity index (χ1) is 8.07. The van der Waals surface area contributed by atoms with E-state index >= 15 is 0 Å².